The summed E-state index contributed by atoms with van der Waals surface area (Å²) in [6.45, 7) is 3.26. The number of carbonyl (C=O) groups excluding carboxylic acids is 3. The Bertz CT molecular complexity index is 929. The van der Waals surface area contributed by atoms with Gasteiger partial charge >= 0.3 is 5.97 Å². The topological polar surface area (TPSA) is 120 Å². The highest BCUT2D eigenvalue weighted by Crippen LogP contribution is 2.33. The minimum atomic E-state index is -0.723. The summed E-state index contributed by atoms with van der Waals surface area (Å²) in [6, 6.07) is 4.58. The first kappa shape index (κ1) is 22.3. The highest BCUT2D eigenvalue weighted by Gasteiger charge is 2.25. The minimum Gasteiger partial charge on any atom is -0.460 e. The molecule has 0 saturated heterocycles. The summed E-state index contributed by atoms with van der Waals surface area (Å²) in [6.07, 6.45) is 0. The Labute approximate surface area is 171 Å². The van der Waals surface area contributed by atoms with Crippen molar-refractivity contribution in [1.29, 1.82) is 0 Å². The van der Waals surface area contributed by atoms with Gasteiger partial charge in [-0.15, -0.1) is 11.3 Å². The Balaban J connectivity index is 2.15. The number of hydrogen-bond donors (Lipinski definition) is 3. The van der Waals surface area contributed by atoms with Gasteiger partial charge in [-0.25, -0.2) is 9.18 Å². The summed E-state index contributed by atoms with van der Waals surface area (Å²) in [4.78, 5) is 36.5. The highest BCUT2D eigenvalue weighted by molar-refractivity contribution is 7.18. The molecule has 1 aromatic carbocycles. The Morgan fingerprint density at radius 1 is 1.21 bits per heavy atom. The van der Waals surface area contributed by atoms with E-state index in [1.165, 1.54) is 19.2 Å². The molecule has 0 fully saturated rings. The number of anilines is 2. The van der Waals surface area contributed by atoms with Crippen molar-refractivity contribution in [3.05, 3.63) is 45.6 Å². The second-order valence-corrected chi connectivity index (χ2v) is 7.16. The molecular formula is C19H22FN3O5S. The number of nitrogens with one attached hydrogen (secondary N) is 2. The number of ether oxygens (including phenoxy) is 2. The monoisotopic (exact) mass is 423 g/mol. The Morgan fingerprint density at radius 3 is 2.55 bits per heavy atom. The van der Waals surface area contributed by atoms with Crippen LogP contribution in [0.15, 0.2) is 18.2 Å². The van der Waals surface area contributed by atoms with Crippen LogP contribution in [0, 0.1) is 19.7 Å². The van der Waals surface area contributed by atoms with Gasteiger partial charge in [0.1, 0.15) is 17.4 Å². The van der Waals surface area contributed by atoms with Gasteiger partial charge in [0.05, 0.1) is 29.3 Å². The van der Waals surface area contributed by atoms with Gasteiger partial charge in [-0.3, -0.25) is 9.59 Å². The lowest BCUT2D eigenvalue weighted by molar-refractivity contribution is -0.114. The quantitative estimate of drug-likeness (QED) is 0.421. The molecule has 0 aliphatic rings. The number of benzene rings is 1. The van der Waals surface area contributed by atoms with Crippen molar-refractivity contribution < 1.29 is 28.2 Å². The SMILES string of the molecule is COCCOC(=O)c1c(NC(=O)CNc2ccc(C)cc2F)sc(C(N)=O)c1C. The number of amides is 2. The van der Waals surface area contributed by atoms with Crippen LogP contribution in [-0.4, -0.2) is 44.7 Å². The number of halogens is 1. The summed E-state index contributed by atoms with van der Waals surface area (Å²) in [5, 5.41) is 5.38. The van der Waals surface area contributed by atoms with Gasteiger partial charge in [0.2, 0.25) is 5.91 Å². The second kappa shape index (κ2) is 9.99. The first-order chi connectivity index (χ1) is 13.7. The number of rotatable bonds is 9. The molecular weight excluding hydrogens is 401 g/mol. The maximum atomic E-state index is 13.9. The van der Waals surface area contributed by atoms with Gasteiger partial charge in [0.15, 0.2) is 0 Å². The molecule has 10 heteroatoms. The normalized spacial score (nSPS) is 10.5. The van der Waals surface area contributed by atoms with Crippen molar-refractivity contribution in [2.24, 2.45) is 5.73 Å². The van der Waals surface area contributed by atoms with Crippen molar-refractivity contribution in [3.63, 3.8) is 0 Å². The van der Waals surface area contributed by atoms with E-state index in [0.717, 1.165) is 16.9 Å². The minimum absolute atomic E-state index is 0.0121. The number of thiophene rings is 1. The molecule has 2 amide bonds. The Morgan fingerprint density at radius 2 is 1.93 bits per heavy atom. The summed E-state index contributed by atoms with van der Waals surface area (Å²) in [7, 11) is 1.46. The van der Waals surface area contributed by atoms with E-state index in [-0.39, 0.29) is 40.9 Å². The van der Waals surface area contributed by atoms with Gasteiger partial charge in [-0.2, -0.15) is 0 Å². The number of hydrogen-bond acceptors (Lipinski definition) is 7. The van der Waals surface area contributed by atoms with E-state index in [2.05, 4.69) is 10.6 Å². The maximum absolute atomic E-state index is 13.9. The maximum Gasteiger partial charge on any atom is 0.341 e. The van der Waals surface area contributed by atoms with Crippen molar-refractivity contribution in [2.45, 2.75) is 13.8 Å². The molecule has 1 heterocycles. The summed E-state index contributed by atoms with van der Waals surface area (Å²) in [5.41, 5.74) is 6.64. The number of esters is 1. The van der Waals surface area contributed by atoms with Gasteiger partial charge in [0.25, 0.3) is 5.91 Å². The molecule has 0 aliphatic heterocycles. The molecule has 0 spiro atoms. The third kappa shape index (κ3) is 5.75. The fourth-order valence-corrected chi connectivity index (χ4v) is 3.55. The Hall–Kier alpha value is -2.98. The van der Waals surface area contributed by atoms with E-state index in [4.69, 9.17) is 15.2 Å². The zero-order chi connectivity index (χ0) is 21.6. The molecule has 2 aromatic rings. The van der Waals surface area contributed by atoms with Crippen molar-refractivity contribution in [2.75, 3.05) is 37.5 Å². The molecule has 4 N–H and O–H groups in total. The van der Waals surface area contributed by atoms with Crippen molar-refractivity contribution in [1.82, 2.24) is 0 Å². The van der Waals surface area contributed by atoms with Gasteiger partial charge in [-0.05, 0) is 37.1 Å². The molecule has 0 bridgehead atoms. The molecule has 0 atom stereocenters. The van der Waals surface area contributed by atoms with E-state index in [1.54, 1.807) is 19.9 Å². The lowest BCUT2D eigenvalue weighted by Gasteiger charge is -2.10. The van der Waals surface area contributed by atoms with Crippen LogP contribution in [0.5, 0.6) is 0 Å². The number of primary amides is 1. The first-order valence-corrected chi connectivity index (χ1v) is 9.45. The van der Waals surface area contributed by atoms with E-state index in [0.29, 0.717) is 5.56 Å². The van der Waals surface area contributed by atoms with Crippen LogP contribution in [-0.2, 0) is 14.3 Å². The summed E-state index contributed by atoms with van der Waals surface area (Å²) >= 11 is 0.876. The molecule has 156 valence electrons. The standard InChI is InChI=1S/C19H22FN3O5S/c1-10-4-5-13(12(20)8-10)22-9-14(24)23-18-15(19(26)28-7-6-27-3)11(2)16(29-18)17(21)25/h4-5,8,22H,6-7,9H2,1-3H3,(H2,21,25)(H,23,24). The zero-order valence-corrected chi connectivity index (χ0v) is 17.1. The zero-order valence-electron chi connectivity index (χ0n) is 16.3. The molecule has 0 unspecified atom stereocenters. The average molecular weight is 423 g/mol. The molecule has 8 nitrogen and oxygen atoms in total. The number of methoxy groups -OCH3 is 1. The fourth-order valence-electron chi connectivity index (χ4n) is 2.48. The van der Waals surface area contributed by atoms with Crippen LogP contribution in [0.2, 0.25) is 0 Å². The molecule has 29 heavy (non-hydrogen) atoms. The molecule has 2 rings (SSSR count). The smallest absolute Gasteiger partial charge is 0.341 e. The van der Waals surface area contributed by atoms with Crippen LogP contribution >= 0.6 is 11.3 Å². The summed E-state index contributed by atoms with van der Waals surface area (Å²) < 4.78 is 23.8. The second-order valence-electron chi connectivity index (χ2n) is 6.14. The Kier molecular flexibility index (Phi) is 7.68. The number of aryl methyl sites for hydroxylation is 1. The van der Waals surface area contributed by atoms with Crippen LogP contribution in [0.4, 0.5) is 15.1 Å². The van der Waals surface area contributed by atoms with Gasteiger partial charge in [0, 0.05) is 7.11 Å². The van der Waals surface area contributed by atoms with Crippen LogP contribution in [0.25, 0.3) is 0 Å². The molecule has 1 aromatic heterocycles. The largest absolute Gasteiger partial charge is 0.460 e. The van der Waals surface area contributed by atoms with E-state index in [9.17, 15) is 18.8 Å². The predicted molar refractivity (Wildman–Crippen MR) is 108 cm³/mol. The van der Waals surface area contributed by atoms with Crippen LogP contribution < -0.4 is 16.4 Å². The van der Waals surface area contributed by atoms with E-state index < -0.39 is 23.6 Å². The van der Waals surface area contributed by atoms with Crippen LogP contribution in [0.3, 0.4) is 0 Å². The van der Waals surface area contributed by atoms with Crippen molar-refractivity contribution in [3.8, 4) is 0 Å². The predicted octanol–water partition coefficient (Wildman–Crippen LogP) is 2.46. The van der Waals surface area contributed by atoms with Gasteiger partial charge < -0.3 is 25.8 Å². The third-order valence-corrected chi connectivity index (χ3v) is 5.13. The third-order valence-electron chi connectivity index (χ3n) is 3.91. The summed E-state index contributed by atoms with van der Waals surface area (Å²) in [5.74, 6) is -2.45. The van der Waals surface area contributed by atoms with Gasteiger partial charge in [-0.1, -0.05) is 6.07 Å². The number of nitrogens with two attached hydrogens (primary N) is 1. The molecule has 0 aliphatic carbocycles. The van der Waals surface area contributed by atoms with Crippen LogP contribution in [0.1, 0.15) is 31.2 Å². The fraction of sp³-hybridized carbons (Fsp3) is 0.316. The average Bonchev–Trinajstić information content (AvgIpc) is 2.97. The lowest BCUT2D eigenvalue weighted by Crippen LogP contribution is -2.23. The highest BCUT2D eigenvalue weighted by atomic mass is 32.1. The lowest BCUT2D eigenvalue weighted by atomic mass is 10.1. The van der Waals surface area contributed by atoms with Crippen molar-refractivity contribution >= 4 is 39.8 Å². The molecule has 0 saturated carbocycles. The number of carbonyl (C=O) groups is 3. The van der Waals surface area contributed by atoms with E-state index >= 15 is 0 Å². The first-order valence-electron chi connectivity index (χ1n) is 8.63. The molecule has 0 radical (unpaired) electrons. The van der Waals surface area contributed by atoms with E-state index in [1.807, 2.05) is 0 Å².